The summed E-state index contributed by atoms with van der Waals surface area (Å²) in [6.45, 7) is 1.24. The number of aryl methyl sites for hydroxylation is 3. The highest BCUT2D eigenvalue weighted by molar-refractivity contribution is 5.90. The molecule has 6 heteroatoms. The van der Waals surface area contributed by atoms with Gasteiger partial charge in [0, 0.05) is 6.42 Å². The Morgan fingerprint density at radius 1 is 0.848 bits per heavy atom. The lowest BCUT2D eigenvalue weighted by atomic mass is 9.76. The standard InChI is InChI=1S/C40H50O6/c1-43-39(41)19-6-4-3-5-13-31(35-24-25-45-38-27-34(40(42)44-2)22-23-36(35)38)16-11-17-32-14-9-10-18-37(32)46-28-29-20-21-30-12-7-8-15-33(30)26-29/h9-10,14,18,20-23,26-27,31,35H,3-8,11-13,15-17,19,24-25,28H2,1-2H3. The van der Waals surface area contributed by atoms with Crippen molar-refractivity contribution in [2.45, 2.75) is 102 Å². The summed E-state index contributed by atoms with van der Waals surface area (Å²) < 4.78 is 22.2. The van der Waals surface area contributed by atoms with E-state index >= 15 is 0 Å². The molecule has 2 aliphatic rings. The molecule has 3 aromatic carbocycles. The van der Waals surface area contributed by atoms with Crippen molar-refractivity contribution in [3.63, 3.8) is 0 Å². The van der Waals surface area contributed by atoms with Crippen molar-refractivity contribution in [1.82, 2.24) is 0 Å². The number of hydrogen-bond acceptors (Lipinski definition) is 6. The first-order valence-electron chi connectivity index (χ1n) is 17.3. The summed E-state index contributed by atoms with van der Waals surface area (Å²) in [6, 6.07) is 21.1. The molecule has 0 spiro atoms. The summed E-state index contributed by atoms with van der Waals surface area (Å²) >= 11 is 0. The number of para-hydroxylation sites is 1. The van der Waals surface area contributed by atoms with E-state index in [1.54, 1.807) is 0 Å². The van der Waals surface area contributed by atoms with Crippen LogP contribution in [-0.4, -0.2) is 32.8 Å². The lowest BCUT2D eigenvalue weighted by molar-refractivity contribution is -0.140. The Balaban J connectivity index is 1.22. The average Bonchev–Trinajstić information content (AvgIpc) is 3.10. The van der Waals surface area contributed by atoms with E-state index in [9.17, 15) is 9.59 Å². The number of ether oxygens (including phenoxy) is 4. The van der Waals surface area contributed by atoms with Gasteiger partial charge in [-0.05, 0) is 122 Å². The highest BCUT2D eigenvalue weighted by atomic mass is 16.5. The van der Waals surface area contributed by atoms with Gasteiger partial charge >= 0.3 is 11.9 Å². The second-order valence-electron chi connectivity index (χ2n) is 12.9. The number of unbranched alkanes of at least 4 members (excludes halogenated alkanes) is 3. The number of rotatable bonds is 16. The molecule has 0 N–H and O–H groups in total. The van der Waals surface area contributed by atoms with Crippen molar-refractivity contribution in [2.24, 2.45) is 5.92 Å². The van der Waals surface area contributed by atoms with Crippen molar-refractivity contribution in [1.29, 1.82) is 0 Å². The lowest BCUT2D eigenvalue weighted by Gasteiger charge is -2.33. The summed E-state index contributed by atoms with van der Waals surface area (Å²) in [4.78, 5) is 23.7. The van der Waals surface area contributed by atoms with Crippen LogP contribution < -0.4 is 9.47 Å². The van der Waals surface area contributed by atoms with E-state index in [0.717, 1.165) is 69.3 Å². The second kappa shape index (κ2) is 17.2. The molecule has 0 bridgehead atoms. The molecule has 0 amide bonds. The number of benzene rings is 3. The number of carbonyl (C=O) groups is 2. The van der Waals surface area contributed by atoms with Crippen LogP contribution in [0.15, 0.2) is 60.7 Å². The van der Waals surface area contributed by atoms with Gasteiger partial charge in [0.15, 0.2) is 0 Å². The first-order valence-corrected chi connectivity index (χ1v) is 17.3. The maximum absolute atomic E-state index is 12.2. The molecule has 3 aromatic rings. The molecule has 246 valence electrons. The van der Waals surface area contributed by atoms with Crippen LogP contribution in [-0.2, 0) is 40.1 Å². The van der Waals surface area contributed by atoms with Gasteiger partial charge in [-0.1, -0.05) is 61.7 Å². The van der Waals surface area contributed by atoms with Crippen LogP contribution in [0.5, 0.6) is 11.5 Å². The molecule has 0 saturated heterocycles. The predicted octanol–water partition coefficient (Wildman–Crippen LogP) is 8.95. The quantitative estimate of drug-likeness (QED) is 0.117. The summed E-state index contributed by atoms with van der Waals surface area (Å²) in [6.07, 6.45) is 14.8. The van der Waals surface area contributed by atoms with Crippen LogP contribution in [0.3, 0.4) is 0 Å². The van der Waals surface area contributed by atoms with E-state index in [1.807, 2.05) is 12.1 Å². The summed E-state index contributed by atoms with van der Waals surface area (Å²) in [5, 5.41) is 0. The van der Waals surface area contributed by atoms with Crippen molar-refractivity contribution in [3.8, 4) is 11.5 Å². The van der Waals surface area contributed by atoms with Crippen LogP contribution in [0.2, 0.25) is 0 Å². The molecule has 0 radical (unpaired) electrons. The average molecular weight is 627 g/mol. The zero-order valence-corrected chi connectivity index (χ0v) is 27.7. The predicted molar refractivity (Wildman–Crippen MR) is 181 cm³/mol. The molecule has 5 rings (SSSR count). The third-order valence-corrected chi connectivity index (χ3v) is 9.82. The van der Waals surface area contributed by atoms with E-state index in [2.05, 4.69) is 48.5 Å². The fourth-order valence-electron chi connectivity index (χ4n) is 7.27. The van der Waals surface area contributed by atoms with E-state index in [-0.39, 0.29) is 11.9 Å². The zero-order chi connectivity index (χ0) is 32.1. The summed E-state index contributed by atoms with van der Waals surface area (Å²) in [5.74, 6) is 2.19. The molecule has 0 aromatic heterocycles. The van der Waals surface area contributed by atoms with Crippen LogP contribution in [0, 0.1) is 5.92 Å². The number of methoxy groups -OCH3 is 2. The van der Waals surface area contributed by atoms with Gasteiger partial charge in [-0.15, -0.1) is 0 Å². The van der Waals surface area contributed by atoms with Gasteiger partial charge in [0.1, 0.15) is 18.1 Å². The first kappa shape index (κ1) is 33.6. The van der Waals surface area contributed by atoms with E-state index in [4.69, 9.17) is 18.9 Å². The number of fused-ring (bicyclic) bond motifs is 2. The largest absolute Gasteiger partial charge is 0.493 e. The maximum Gasteiger partial charge on any atom is 0.337 e. The van der Waals surface area contributed by atoms with Crippen LogP contribution in [0.25, 0.3) is 0 Å². The van der Waals surface area contributed by atoms with Gasteiger partial charge in [-0.2, -0.15) is 0 Å². The van der Waals surface area contributed by atoms with Crippen molar-refractivity contribution < 1.29 is 28.5 Å². The Labute approximate surface area is 274 Å². The summed E-state index contributed by atoms with van der Waals surface area (Å²) in [7, 11) is 2.86. The maximum atomic E-state index is 12.2. The Morgan fingerprint density at radius 2 is 1.65 bits per heavy atom. The molecule has 0 saturated carbocycles. The van der Waals surface area contributed by atoms with E-state index in [0.29, 0.717) is 37.0 Å². The van der Waals surface area contributed by atoms with Crippen LogP contribution >= 0.6 is 0 Å². The Morgan fingerprint density at radius 3 is 2.50 bits per heavy atom. The smallest absolute Gasteiger partial charge is 0.337 e. The minimum Gasteiger partial charge on any atom is -0.493 e. The minimum atomic E-state index is -0.343. The molecule has 2 unspecified atom stereocenters. The normalized spacial score (nSPS) is 16.0. The second-order valence-corrected chi connectivity index (χ2v) is 12.9. The zero-order valence-electron chi connectivity index (χ0n) is 27.7. The molecule has 1 aliphatic heterocycles. The van der Waals surface area contributed by atoms with Crippen LogP contribution in [0.4, 0.5) is 0 Å². The Bertz CT molecular complexity index is 1450. The Hall–Kier alpha value is -3.80. The highest BCUT2D eigenvalue weighted by Crippen LogP contribution is 2.43. The highest BCUT2D eigenvalue weighted by Gasteiger charge is 2.29. The molecule has 2 atom stereocenters. The van der Waals surface area contributed by atoms with Gasteiger partial charge in [0.25, 0.3) is 0 Å². The van der Waals surface area contributed by atoms with Crippen LogP contribution in [0.1, 0.15) is 115 Å². The molecule has 0 fully saturated rings. The third kappa shape index (κ3) is 9.14. The molecular formula is C40H50O6. The van der Waals surface area contributed by atoms with E-state index in [1.165, 1.54) is 67.7 Å². The topological polar surface area (TPSA) is 71.1 Å². The monoisotopic (exact) mass is 626 g/mol. The number of esters is 2. The SMILES string of the molecule is COC(=O)CCCCCCC(CCCc1ccccc1OCc1ccc2c(c1)CCCC2)C1CCOc2cc(C(=O)OC)ccc21. The third-order valence-electron chi connectivity index (χ3n) is 9.82. The van der Waals surface area contributed by atoms with Gasteiger partial charge in [0.2, 0.25) is 0 Å². The molecule has 46 heavy (non-hydrogen) atoms. The van der Waals surface area contributed by atoms with Gasteiger partial charge in [0.05, 0.1) is 26.4 Å². The number of carbonyl (C=O) groups excluding carboxylic acids is 2. The van der Waals surface area contributed by atoms with Gasteiger partial charge in [-0.3, -0.25) is 4.79 Å². The van der Waals surface area contributed by atoms with Crippen molar-refractivity contribution in [2.75, 3.05) is 20.8 Å². The molecule has 6 nitrogen and oxygen atoms in total. The van der Waals surface area contributed by atoms with E-state index < -0.39 is 0 Å². The lowest BCUT2D eigenvalue weighted by Crippen LogP contribution is -2.22. The molecule has 1 heterocycles. The summed E-state index contributed by atoms with van der Waals surface area (Å²) in [5.41, 5.74) is 7.22. The van der Waals surface area contributed by atoms with Crippen molar-refractivity contribution >= 4 is 11.9 Å². The number of hydrogen-bond donors (Lipinski definition) is 0. The minimum absolute atomic E-state index is 0.130. The molecule has 1 aliphatic carbocycles. The first-order chi connectivity index (χ1) is 22.6. The Kier molecular flexibility index (Phi) is 12.6. The van der Waals surface area contributed by atoms with Crippen molar-refractivity contribution in [3.05, 3.63) is 94.0 Å². The van der Waals surface area contributed by atoms with Gasteiger partial charge < -0.3 is 18.9 Å². The molecular weight excluding hydrogens is 576 g/mol. The fraction of sp³-hybridized carbons (Fsp3) is 0.500. The van der Waals surface area contributed by atoms with Gasteiger partial charge in [-0.25, -0.2) is 4.79 Å². The fourth-order valence-corrected chi connectivity index (χ4v) is 7.27.